The van der Waals surface area contributed by atoms with Crippen LogP contribution in [0.3, 0.4) is 0 Å². The molecule has 3 aromatic rings. The molecule has 0 heterocycles. The molecule has 3 nitrogen and oxygen atoms in total. The Kier molecular flexibility index (Phi) is 6.66. The van der Waals surface area contributed by atoms with E-state index in [4.69, 9.17) is 9.84 Å². The number of hydrogen-bond donors (Lipinski definition) is 1. The van der Waals surface area contributed by atoms with Gasteiger partial charge in [-0.25, -0.2) is 0 Å². The van der Waals surface area contributed by atoms with Crippen molar-refractivity contribution in [3.63, 3.8) is 0 Å². The lowest BCUT2D eigenvalue weighted by molar-refractivity contribution is -0.136. The summed E-state index contributed by atoms with van der Waals surface area (Å²) in [5, 5.41) is 8.88. The molecule has 4 heteroatoms. The molecular weight excluding hydrogens is 416 g/mol. The minimum Gasteiger partial charge on any atom is -0.490 e. The second-order valence-corrected chi connectivity index (χ2v) is 7.42. The number of benzene rings is 3. The smallest absolute Gasteiger partial charge is 0.307 e. The van der Waals surface area contributed by atoms with E-state index in [1.165, 1.54) is 11.1 Å². The van der Waals surface area contributed by atoms with Crippen LogP contribution in [0.2, 0.25) is 0 Å². The fourth-order valence-electron chi connectivity index (χ4n) is 2.87. The fraction of sp³-hybridized carbons (Fsp3) is 0.125. The van der Waals surface area contributed by atoms with Gasteiger partial charge in [-0.1, -0.05) is 64.5 Å². The number of carboxylic acids is 1. The summed E-state index contributed by atoms with van der Waals surface area (Å²) in [5.74, 6) is -0.173. The molecule has 142 valence electrons. The molecule has 0 atom stereocenters. The molecule has 0 fully saturated rings. The highest BCUT2D eigenvalue weighted by molar-refractivity contribution is 9.10. The number of ether oxygens (including phenoxy) is 1. The van der Waals surface area contributed by atoms with Crippen LogP contribution in [0.15, 0.2) is 83.3 Å². The highest BCUT2D eigenvalue weighted by Gasteiger charge is 2.03. The molecule has 0 unspecified atom stereocenters. The average molecular weight is 437 g/mol. The summed E-state index contributed by atoms with van der Waals surface area (Å²) >= 11 is 3.46. The summed E-state index contributed by atoms with van der Waals surface area (Å²) < 4.78 is 6.82. The van der Waals surface area contributed by atoms with E-state index in [0.717, 1.165) is 21.2 Å². The third-order valence-electron chi connectivity index (χ3n) is 4.41. The number of hydrogen-bond acceptors (Lipinski definition) is 2. The normalized spacial score (nSPS) is 11.3. The van der Waals surface area contributed by atoms with Gasteiger partial charge in [0.05, 0.1) is 6.42 Å². The van der Waals surface area contributed by atoms with Crippen LogP contribution < -0.4 is 4.74 Å². The monoisotopic (exact) mass is 436 g/mol. The van der Waals surface area contributed by atoms with Crippen molar-refractivity contribution in [3.8, 4) is 16.9 Å². The standard InChI is InChI=1S/C24H21BrO3/c1-17(13-14-28-23-4-2-3-18(15-23)16-24(26)27)19-5-7-20(8-6-19)21-9-11-22(25)12-10-21/h2-13,15H,14,16H2,1H3,(H,26,27). The molecule has 1 N–H and O–H groups in total. The Hall–Kier alpha value is -2.85. The first-order chi connectivity index (χ1) is 13.5. The van der Waals surface area contributed by atoms with Gasteiger partial charge in [-0.05, 0) is 65.1 Å². The van der Waals surface area contributed by atoms with E-state index >= 15 is 0 Å². The second kappa shape index (κ2) is 9.38. The molecule has 0 spiro atoms. The Morgan fingerprint density at radius 2 is 1.64 bits per heavy atom. The van der Waals surface area contributed by atoms with Crippen LogP contribution in [-0.4, -0.2) is 17.7 Å². The van der Waals surface area contributed by atoms with Crippen LogP contribution in [0.25, 0.3) is 16.7 Å². The molecule has 3 aromatic carbocycles. The Balaban J connectivity index is 1.62. The van der Waals surface area contributed by atoms with E-state index in [2.05, 4.69) is 59.3 Å². The highest BCUT2D eigenvalue weighted by atomic mass is 79.9. The third kappa shape index (κ3) is 5.57. The lowest BCUT2D eigenvalue weighted by atomic mass is 10.0. The summed E-state index contributed by atoms with van der Waals surface area (Å²) in [6, 6.07) is 23.9. The third-order valence-corrected chi connectivity index (χ3v) is 4.94. The predicted molar refractivity (Wildman–Crippen MR) is 117 cm³/mol. The first kappa shape index (κ1) is 19.9. The number of carbonyl (C=O) groups is 1. The van der Waals surface area contributed by atoms with Gasteiger partial charge in [0.15, 0.2) is 0 Å². The summed E-state index contributed by atoms with van der Waals surface area (Å²) in [6.07, 6.45) is 2.02. The molecule has 0 aromatic heterocycles. The molecule has 0 aliphatic rings. The zero-order valence-electron chi connectivity index (χ0n) is 15.6. The second-order valence-electron chi connectivity index (χ2n) is 6.50. The van der Waals surface area contributed by atoms with Gasteiger partial charge >= 0.3 is 5.97 Å². The van der Waals surface area contributed by atoms with E-state index < -0.39 is 5.97 Å². The number of allylic oxidation sites excluding steroid dienone is 1. The quantitative estimate of drug-likeness (QED) is 0.477. The van der Waals surface area contributed by atoms with Crippen molar-refractivity contribution in [2.24, 2.45) is 0 Å². The fourth-order valence-corrected chi connectivity index (χ4v) is 3.13. The van der Waals surface area contributed by atoms with E-state index in [0.29, 0.717) is 12.4 Å². The topological polar surface area (TPSA) is 46.5 Å². The van der Waals surface area contributed by atoms with E-state index in [1.54, 1.807) is 12.1 Å². The number of halogens is 1. The van der Waals surface area contributed by atoms with Crippen LogP contribution in [-0.2, 0) is 11.2 Å². The molecule has 0 aliphatic carbocycles. The first-order valence-corrected chi connectivity index (χ1v) is 9.77. The Bertz CT molecular complexity index is 973. The maximum Gasteiger partial charge on any atom is 0.307 e. The summed E-state index contributed by atoms with van der Waals surface area (Å²) in [4.78, 5) is 10.8. The Labute approximate surface area is 173 Å². The minimum atomic E-state index is -0.848. The summed E-state index contributed by atoms with van der Waals surface area (Å²) in [6.45, 7) is 2.48. The molecule has 0 amide bonds. The van der Waals surface area contributed by atoms with Crippen molar-refractivity contribution in [2.45, 2.75) is 13.3 Å². The van der Waals surface area contributed by atoms with E-state index in [9.17, 15) is 4.79 Å². The Morgan fingerprint density at radius 1 is 1.00 bits per heavy atom. The predicted octanol–water partition coefficient (Wildman–Crippen LogP) is 6.23. The van der Waals surface area contributed by atoms with Crippen LogP contribution in [0.4, 0.5) is 0 Å². The minimum absolute atomic E-state index is 0.00319. The van der Waals surface area contributed by atoms with Crippen LogP contribution in [0.5, 0.6) is 5.75 Å². The molecule has 0 bridgehead atoms. The van der Waals surface area contributed by atoms with Crippen LogP contribution in [0.1, 0.15) is 18.1 Å². The zero-order valence-corrected chi connectivity index (χ0v) is 17.1. The Morgan fingerprint density at radius 3 is 2.29 bits per heavy atom. The number of aliphatic carboxylic acids is 1. The summed E-state index contributed by atoms with van der Waals surface area (Å²) in [7, 11) is 0. The largest absolute Gasteiger partial charge is 0.490 e. The van der Waals surface area contributed by atoms with Crippen molar-refractivity contribution < 1.29 is 14.6 Å². The van der Waals surface area contributed by atoms with Gasteiger partial charge in [0.1, 0.15) is 12.4 Å². The van der Waals surface area contributed by atoms with Gasteiger partial charge < -0.3 is 9.84 Å². The van der Waals surface area contributed by atoms with Gasteiger partial charge in [-0.15, -0.1) is 0 Å². The lowest BCUT2D eigenvalue weighted by Gasteiger charge is -2.08. The number of carboxylic acid groups (broad SMARTS) is 1. The first-order valence-electron chi connectivity index (χ1n) is 8.98. The van der Waals surface area contributed by atoms with Gasteiger partial charge in [0.25, 0.3) is 0 Å². The molecule has 0 saturated carbocycles. The SMILES string of the molecule is CC(=CCOc1cccc(CC(=O)O)c1)c1ccc(-c2ccc(Br)cc2)cc1. The van der Waals surface area contributed by atoms with Crippen molar-refractivity contribution in [3.05, 3.63) is 94.5 Å². The van der Waals surface area contributed by atoms with Gasteiger partial charge in [0, 0.05) is 4.47 Å². The molecule has 0 saturated heterocycles. The average Bonchev–Trinajstić information content (AvgIpc) is 2.68. The molecule has 28 heavy (non-hydrogen) atoms. The van der Waals surface area contributed by atoms with Crippen molar-refractivity contribution >= 4 is 27.5 Å². The maximum atomic E-state index is 10.8. The van der Waals surface area contributed by atoms with Crippen molar-refractivity contribution in [2.75, 3.05) is 6.61 Å². The van der Waals surface area contributed by atoms with Gasteiger partial charge in [-0.2, -0.15) is 0 Å². The summed E-state index contributed by atoms with van der Waals surface area (Å²) in [5.41, 5.74) is 5.36. The van der Waals surface area contributed by atoms with E-state index in [1.807, 2.05) is 30.3 Å². The van der Waals surface area contributed by atoms with Crippen LogP contribution in [0, 0.1) is 0 Å². The van der Waals surface area contributed by atoms with E-state index in [-0.39, 0.29) is 6.42 Å². The number of rotatable bonds is 7. The maximum absolute atomic E-state index is 10.8. The van der Waals surface area contributed by atoms with Crippen LogP contribution >= 0.6 is 15.9 Å². The molecule has 0 radical (unpaired) electrons. The van der Waals surface area contributed by atoms with Crippen molar-refractivity contribution in [1.82, 2.24) is 0 Å². The zero-order chi connectivity index (χ0) is 19.9. The molecular formula is C24H21BrO3. The van der Waals surface area contributed by atoms with Gasteiger partial charge in [-0.3, -0.25) is 4.79 Å². The molecule has 3 rings (SSSR count). The van der Waals surface area contributed by atoms with Gasteiger partial charge in [0.2, 0.25) is 0 Å². The highest BCUT2D eigenvalue weighted by Crippen LogP contribution is 2.24. The molecule has 0 aliphatic heterocycles. The van der Waals surface area contributed by atoms with Crippen molar-refractivity contribution in [1.29, 1.82) is 0 Å². The lowest BCUT2D eigenvalue weighted by Crippen LogP contribution is -2.01.